The van der Waals surface area contributed by atoms with Gasteiger partial charge in [0.1, 0.15) is 5.82 Å². The van der Waals surface area contributed by atoms with E-state index < -0.39 is 0 Å². The molecule has 1 aromatic heterocycles. The summed E-state index contributed by atoms with van der Waals surface area (Å²) >= 11 is 0. The third kappa shape index (κ3) is 4.85. The first-order valence-electron chi connectivity index (χ1n) is 7.52. The highest BCUT2D eigenvalue weighted by Gasteiger charge is 2.21. The van der Waals surface area contributed by atoms with E-state index in [1.807, 2.05) is 17.0 Å². The zero-order valence-electron chi connectivity index (χ0n) is 12.8. The number of amides is 2. The average Bonchev–Trinajstić information content (AvgIpc) is 2.45. The minimum atomic E-state index is -0.107. The van der Waals surface area contributed by atoms with E-state index in [-0.39, 0.29) is 11.8 Å². The number of nitrogens with one attached hydrogen (secondary N) is 1. The Kier molecular flexibility index (Phi) is 5.31. The summed E-state index contributed by atoms with van der Waals surface area (Å²) in [6.45, 7) is 4.89. The summed E-state index contributed by atoms with van der Waals surface area (Å²) in [6.07, 6.45) is 6.02. The predicted molar refractivity (Wildman–Crippen MR) is 81.8 cm³/mol. The first kappa shape index (κ1) is 15.5. The molecule has 0 spiro atoms. The largest absolute Gasteiger partial charge is 0.343 e. The van der Waals surface area contributed by atoms with Crippen molar-refractivity contribution in [2.75, 3.05) is 18.4 Å². The fraction of sp³-hybridized carbons (Fsp3) is 0.562. The minimum Gasteiger partial charge on any atom is -0.343 e. The average molecular weight is 289 g/mol. The molecule has 2 heterocycles. The van der Waals surface area contributed by atoms with Crippen LogP contribution in [0.2, 0.25) is 0 Å². The van der Waals surface area contributed by atoms with E-state index in [0.717, 1.165) is 32.4 Å². The van der Waals surface area contributed by atoms with Gasteiger partial charge in [0, 0.05) is 33.1 Å². The quantitative estimate of drug-likeness (QED) is 0.924. The number of carbonyl (C=O) groups excluding carboxylic acids is 2. The molecule has 2 rings (SSSR count). The van der Waals surface area contributed by atoms with Crippen molar-refractivity contribution in [3.63, 3.8) is 0 Å². The summed E-state index contributed by atoms with van der Waals surface area (Å²) in [5.74, 6) is 1.25. The molecule has 1 unspecified atom stereocenters. The third-order valence-corrected chi connectivity index (χ3v) is 3.93. The van der Waals surface area contributed by atoms with Gasteiger partial charge in [0.25, 0.3) is 0 Å². The Bertz CT molecular complexity index is 516. The SMILES string of the molecule is CC(=O)Nc1cc(CCC2CCCN(C(C)=O)C2)ccn1. The highest BCUT2D eigenvalue weighted by Crippen LogP contribution is 2.22. The van der Waals surface area contributed by atoms with Crippen LogP contribution in [0.25, 0.3) is 0 Å². The second kappa shape index (κ2) is 7.20. The maximum atomic E-state index is 11.4. The van der Waals surface area contributed by atoms with E-state index in [0.29, 0.717) is 11.7 Å². The molecule has 2 amide bonds. The van der Waals surface area contributed by atoms with Crippen LogP contribution in [-0.2, 0) is 16.0 Å². The minimum absolute atomic E-state index is 0.107. The lowest BCUT2D eigenvalue weighted by atomic mass is 9.92. The number of hydrogen-bond acceptors (Lipinski definition) is 3. The maximum Gasteiger partial charge on any atom is 0.222 e. The molecule has 1 aliphatic rings. The zero-order chi connectivity index (χ0) is 15.2. The lowest BCUT2D eigenvalue weighted by molar-refractivity contribution is -0.130. The second-order valence-corrected chi connectivity index (χ2v) is 5.74. The molecule has 1 N–H and O–H groups in total. The summed E-state index contributed by atoms with van der Waals surface area (Å²) in [4.78, 5) is 28.6. The molecule has 0 aromatic carbocycles. The van der Waals surface area contributed by atoms with Gasteiger partial charge in [-0.15, -0.1) is 0 Å². The van der Waals surface area contributed by atoms with Crippen LogP contribution < -0.4 is 5.32 Å². The van der Waals surface area contributed by atoms with Gasteiger partial charge in [-0.25, -0.2) is 4.98 Å². The first-order valence-corrected chi connectivity index (χ1v) is 7.52. The molecule has 0 bridgehead atoms. The van der Waals surface area contributed by atoms with Crippen molar-refractivity contribution in [2.45, 2.75) is 39.5 Å². The number of aryl methyl sites for hydroxylation is 1. The van der Waals surface area contributed by atoms with E-state index in [4.69, 9.17) is 0 Å². The van der Waals surface area contributed by atoms with Gasteiger partial charge in [-0.3, -0.25) is 9.59 Å². The Morgan fingerprint density at radius 3 is 2.95 bits per heavy atom. The molecule has 1 saturated heterocycles. The van der Waals surface area contributed by atoms with Gasteiger partial charge in [0.2, 0.25) is 11.8 Å². The van der Waals surface area contributed by atoms with Crippen molar-refractivity contribution in [1.29, 1.82) is 0 Å². The molecule has 1 aromatic rings. The van der Waals surface area contributed by atoms with Crippen LogP contribution in [0, 0.1) is 5.92 Å². The molecular weight excluding hydrogens is 266 g/mol. The third-order valence-electron chi connectivity index (χ3n) is 3.93. The van der Waals surface area contributed by atoms with Crippen molar-refractivity contribution < 1.29 is 9.59 Å². The molecule has 5 nitrogen and oxygen atoms in total. The molecule has 21 heavy (non-hydrogen) atoms. The molecule has 0 saturated carbocycles. The molecule has 1 aliphatic heterocycles. The van der Waals surface area contributed by atoms with Crippen LogP contribution in [0.5, 0.6) is 0 Å². The van der Waals surface area contributed by atoms with Crippen molar-refractivity contribution in [1.82, 2.24) is 9.88 Å². The molecule has 1 atom stereocenters. The highest BCUT2D eigenvalue weighted by molar-refractivity contribution is 5.87. The van der Waals surface area contributed by atoms with Gasteiger partial charge in [0.05, 0.1) is 0 Å². The van der Waals surface area contributed by atoms with Gasteiger partial charge < -0.3 is 10.2 Å². The van der Waals surface area contributed by atoms with E-state index in [2.05, 4.69) is 10.3 Å². The van der Waals surface area contributed by atoms with Gasteiger partial charge in [-0.2, -0.15) is 0 Å². The summed E-state index contributed by atoms with van der Waals surface area (Å²) in [5.41, 5.74) is 1.17. The van der Waals surface area contributed by atoms with Crippen molar-refractivity contribution >= 4 is 17.6 Å². The van der Waals surface area contributed by atoms with Crippen LogP contribution in [-0.4, -0.2) is 34.8 Å². The maximum absolute atomic E-state index is 11.4. The van der Waals surface area contributed by atoms with Crippen LogP contribution >= 0.6 is 0 Å². The highest BCUT2D eigenvalue weighted by atomic mass is 16.2. The number of anilines is 1. The van der Waals surface area contributed by atoms with Crippen LogP contribution in [0.15, 0.2) is 18.3 Å². The Hall–Kier alpha value is -1.91. The predicted octanol–water partition coefficient (Wildman–Crippen LogP) is 2.23. The summed E-state index contributed by atoms with van der Waals surface area (Å²) in [5, 5.41) is 2.70. The van der Waals surface area contributed by atoms with Crippen molar-refractivity contribution in [2.24, 2.45) is 5.92 Å². The molecule has 114 valence electrons. The topological polar surface area (TPSA) is 62.3 Å². The monoisotopic (exact) mass is 289 g/mol. The number of aromatic nitrogens is 1. The second-order valence-electron chi connectivity index (χ2n) is 5.74. The fourth-order valence-corrected chi connectivity index (χ4v) is 2.84. The summed E-state index contributed by atoms with van der Waals surface area (Å²) in [6, 6.07) is 3.91. The Morgan fingerprint density at radius 2 is 2.24 bits per heavy atom. The van der Waals surface area contributed by atoms with Crippen LogP contribution in [0.3, 0.4) is 0 Å². The number of nitrogens with zero attached hydrogens (tertiary/aromatic N) is 2. The van der Waals surface area contributed by atoms with Crippen LogP contribution in [0.4, 0.5) is 5.82 Å². The van der Waals surface area contributed by atoms with Gasteiger partial charge in [-0.05, 0) is 49.3 Å². The van der Waals surface area contributed by atoms with Gasteiger partial charge >= 0.3 is 0 Å². The summed E-state index contributed by atoms with van der Waals surface area (Å²) in [7, 11) is 0. The van der Waals surface area contributed by atoms with Crippen molar-refractivity contribution in [3.8, 4) is 0 Å². The Labute approximate surface area is 125 Å². The number of carbonyl (C=O) groups is 2. The number of hydrogen-bond donors (Lipinski definition) is 1. The van der Waals surface area contributed by atoms with E-state index in [9.17, 15) is 9.59 Å². The number of rotatable bonds is 4. The van der Waals surface area contributed by atoms with Gasteiger partial charge in [-0.1, -0.05) is 0 Å². The molecular formula is C16H23N3O2. The smallest absolute Gasteiger partial charge is 0.222 e. The number of pyridine rings is 1. The Balaban J connectivity index is 1.87. The Morgan fingerprint density at radius 1 is 1.43 bits per heavy atom. The van der Waals surface area contributed by atoms with E-state index in [1.165, 1.54) is 18.9 Å². The fourth-order valence-electron chi connectivity index (χ4n) is 2.84. The first-order chi connectivity index (χ1) is 10.0. The van der Waals surface area contributed by atoms with Gasteiger partial charge in [0.15, 0.2) is 0 Å². The number of piperidine rings is 1. The van der Waals surface area contributed by atoms with Crippen molar-refractivity contribution in [3.05, 3.63) is 23.9 Å². The standard InChI is InChI=1S/C16H23N3O2/c1-12(20)18-16-10-14(7-8-17-16)5-6-15-4-3-9-19(11-15)13(2)21/h7-8,10,15H,3-6,9,11H2,1-2H3,(H,17,18,20). The number of likely N-dealkylation sites (tertiary alicyclic amines) is 1. The molecule has 5 heteroatoms. The van der Waals surface area contributed by atoms with E-state index >= 15 is 0 Å². The zero-order valence-corrected chi connectivity index (χ0v) is 12.8. The molecule has 0 radical (unpaired) electrons. The van der Waals surface area contributed by atoms with Crippen LogP contribution in [0.1, 0.15) is 38.7 Å². The molecule has 1 fully saturated rings. The summed E-state index contributed by atoms with van der Waals surface area (Å²) < 4.78 is 0. The molecule has 0 aliphatic carbocycles. The lowest BCUT2D eigenvalue weighted by Gasteiger charge is -2.32. The lowest BCUT2D eigenvalue weighted by Crippen LogP contribution is -2.38. The van der Waals surface area contributed by atoms with E-state index in [1.54, 1.807) is 13.1 Å². The normalized spacial score (nSPS) is 18.4.